The van der Waals surface area contributed by atoms with Crippen molar-refractivity contribution in [2.24, 2.45) is 4.99 Å². The van der Waals surface area contributed by atoms with Gasteiger partial charge in [-0.25, -0.2) is 4.98 Å². The molecular formula is C27H32ClN5OS. The van der Waals surface area contributed by atoms with Gasteiger partial charge in [-0.05, 0) is 49.0 Å². The van der Waals surface area contributed by atoms with E-state index in [1.165, 1.54) is 0 Å². The third-order valence-electron chi connectivity index (χ3n) is 6.42. The van der Waals surface area contributed by atoms with Crippen LogP contribution in [0.4, 0.5) is 11.5 Å². The topological polar surface area (TPSA) is 52.0 Å². The van der Waals surface area contributed by atoms with Crippen molar-refractivity contribution in [1.29, 1.82) is 0 Å². The third kappa shape index (κ3) is 5.13. The molecule has 0 spiro atoms. The average molecular weight is 510 g/mol. The number of para-hydroxylation sites is 1. The van der Waals surface area contributed by atoms with Crippen molar-refractivity contribution in [2.45, 2.75) is 32.7 Å². The number of thiophene rings is 1. The predicted octanol–water partition coefficient (Wildman–Crippen LogP) is 5.89. The van der Waals surface area contributed by atoms with Crippen LogP contribution in [0.15, 0.2) is 52.8 Å². The van der Waals surface area contributed by atoms with Gasteiger partial charge in [0.15, 0.2) is 5.82 Å². The molecule has 0 aliphatic carbocycles. The molecule has 3 aromatic rings. The fourth-order valence-corrected chi connectivity index (χ4v) is 5.72. The van der Waals surface area contributed by atoms with E-state index in [1.54, 1.807) is 23.3 Å². The number of likely N-dealkylation sites (N-methyl/N-ethyl adjacent to an activating group) is 1. The number of piperazine rings is 1. The monoisotopic (exact) mass is 509 g/mol. The number of carbonyl (C=O) groups is 1. The number of pyridine rings is 1. The summed E-state index contributed by atoms with van der Waals surface area (Å²) in [5, 5.41) is 2.54. The van der Waals surface area contributed by atoms with Crippen molar-refractivity contribution in [3.05, 3.63) is 64.0 Å². The summed E-state index contributed by atoms with van der Waals surface area (Å²) < 4.78 is 0. The summed E-state index contributed by atoms with van der Waals surface area (Å²) in [5.41, 5.74) is 3.30. The Morgan fingerprint density at radius 1 is 1.26 bits per heavy atom. The van der Waals surface area contributed by atoms with E-state index >= 15 is 0 Å². The third-order valence-corrected chi connectivity index (χ3v) is 7.58. The number of anilines is 2. The number of amidine groups is 1. The Kier molecular flexibility index (Phi) is 7.89. The summed E-state index contributed by atoms with van der Waals surface area (Å²) in [6, 6.07) is 14.1. The Balaban J connectivity index is 1.93. The van der Waals surface area contributed by atoms with E-state index in [0.29, 0.717) is 16.5 Å². The maximum absolute atomic E-state index is 12.7. The Morgan fingerprint density at radius 2 is 2.03 bits per heavy atom. The van der Waals surface area contributed by atoms with Crippen molar-refractivity contribution in [1.82, 2.24) is 14.8 Å². The van der Waals surface area contributed by atoms with E-state index in [1.807, 2.05) is 41.8 Å². The molecule has 184 valence electrons. The summed E-state index contributed by atoms with van der Waals surface area (Å²) in [6.45, 7) is 9.13. The molecule has 1 saturated heterocycles. The van der Waals surface area contributed by atoms with Crippen LogP contribution in [0.3, 0.4) is 0 Å². The fraction of sp³-hybridized carbons (Fsp3) is 0.370. The lowest BCUT2D eigenvalue weighted by Crippen LogP contribution is -2.53. The van der Waals surface area contributed by atoms with Crippen LogP contribution in [0.1, 0.15) is 37.8 Å². The van der Waals surface area contributed by atoms with Gasteiger partial charge in [0.25, 0.3) is 0 Å². The first-order valence-electron chi connectivity index (χ1n) is 11.9. The maximum atomic E-state index is 12.7. The van der Waals surface area contributed by atoms with E-state index < -0.39 is 0 Å². The minimum Gasteiger partial charge on any atom is -0.351 e. The second kappa shape index (κ2) is 10.9. The maximum Gasteiger partial charge on any atom is 0.219 e. The molecule has 0 saturated carbocycles. The summed E-state index contributed by atoms with van der Waals surface area (Å²) in [5.74, 6) is 1.56. The lowest BCUT2D eigenvalue weighted by atomic mass is 10.00. The Morgan fingerprint density at radius 3 is 2.66 bits per heavy atom. The minimum absolute atomic E-state index is 0.234. The van der Waals surface area contributed by atoms with Gasteiger partial charge >= 0.3 is 0 Å². The van der Waals surface area contributed by atoms with Gasteiger partial charge in [-0.1, -0.05) is 49.7 Å². The van der Waals surface area contributed by atoms with Crippen molar-refractivity contribution >= 4 is 46.7 Å². The van der Waals surface area contributed by atoms with E-state index in [9.17, 15) is 4.79 Å². The van der Waals surface area contributed by atoms with Gasteiger partial charge in [-0.15, -0.1) is 11.3 Å². The number of benzene rings is 1. The Bertz CT molecular complexity index is 1210. The molecule has 1 fully saturated rings. The molecule has 2 aromatic heterocycles. The second-order valence-electron chi connectivity index (χ2n) is 9.21. The number of rotatable bonds is 6. The summed E-state index contributed by atoms with van der Waals surface area (Å²) in [7, 11) is 3.92. The highest BCUT2D eigenvalue weighted by Gasteiger charge is 2.30. The van der Waals surface area contributed by atoms with Crippen molar-refractivity contribution in [3.63, 3.8) is 0 Å². The first-order chi connectivity index (χ1) is 16.8. The van der Waals surface area contributed by atoms with Crippen LogP contribution in [0.2, 0.25) is 5.02 Å². The largest absolute Gasteiger partial charge is 0.351 e. The molecule has 1 aromatic carbocycles. The van der Waals surface area contributed by atoms with Crippen LogP contribution in [0.5, 0.6) is 0 Å². The highest BCUT2D eigenvalue weighted by Crippen LogP contribution is 2.38. The quantitative estimate of drug-likeness (QED) is 0.236. The molecule has 1 atom stereocenters. The fourth-order valence-electron chi connectivity index (χ4n) is 4.69. The first-order valence-corrected chi connectivity index (χ1v) is 13.1. The molecule has 1 unspecified atom stereocenters. The van der Waals surface area contributed by atoms with Gasteiger partial charge in [-0.2, -0.15) is 0 Å². The normalized spacial score (nSPS) is 17.2. The van der Waals surface area contributed by atoms with Crippen molar-refractivity contribution in [2.75, 3.05) is 38.6 Å². The average Bonchev–Trinajstić information content (AvgIpc) is 3.37. The SMILES string of the molecule is CN=C(c1cc(Cl)c(-c2cccs2)nc1N(C=O)c1ccccc1C(C)C)N1CCN(C)CC1C. The highest BCUT2D eigenvalue weighted by atomic mass is 35.5. The lowest BCUT2D eigenvalue weighted by molar-refractivity contribution is -0.106. The van der Waals surface area contributed by atoms with Gasteiger partial charge < -0.3 is 9.80 Å². The number of hydrogen-bond donors (Lipinski definition) is 0. The van der Waals surface area contributed by atoms with Gasteiger partial charge in [0.05, 0.1) is 21.2 Å². The van der Waals surface area contributed by atoms with Gasteiger partial charge in [0.2, 0.25) is 6.41 Å². The smallest absolute Gasteiger partial charge is 0.219 e. The van der Waals surface area contributed by atoms with Gasteiger partial charge in [-0.3, -0.25) is 14.7 Å². The molecule has 35 heavy (non-hydrogen) atoms. The molecule has 1 amide bonds. The molecule has 0 radical (unpaired) electrons. The predicted molar refractivity (Wildman–Crippen MR) is 147 cm³/mol. The van der Waals surface area contributed by atoms with E-state index in [-0.39, 0.29) is 12.0 Å². The van der Waals surface area contributed by atoms with Crippen LogP contribution in [0.25, 0.3) is 10.6 Å². The second-order valence-corrected chi connectivity index (χ2v) is 10.6. The highest BCUT2D eigenvalue weighted by molar-refractivity contribution is 7.13. The standard InChI is InChI=1S/C27H32ClN5OS/c1-18(2)20-9-6-7-10-23(20)33(17-34)27-21(15-22(28)25(30-27)24-11-8-14-35-24)26(29-4)32-13-12-31(5)16-19(32)3/h6-11,14-15,17-19H,12-13,16H2,1-5H3. The van der Waals surface area contributed by atoms with Crippen LogP contribution >= 0.6 is 22.9 Å². The van der Waals surface area contributed by atoms with Crippen LogP contribution in [-0.2, 0) is 4.79 Å². The van der Waals surface area contributed by atoms with Crippen molar-refractivity contribution in [3.8, 4) is 10.6 Å². The summed E-state index contributed by atoms with van der Waals surface area (Å²) in [6.07, 6.45) is 0.847. The van der Waals surface area contributed by atoms with Crippen LogP contribution in [0, 0.1) is 0 Å². The van der Waals surface area contributed by atoms with E-state index in [0.717, 1.165) is 53.6 Å². The summed E-state index contributed by atoms with van der Waals surface area (Å²) >= 11 is 8.39. The van der Waals surface area contributed by atoms with E-state index in [2.05, 4.69) is 43.7 Å². The number of nitrogens with zero attached hydrogens (tertiary/aromatic N) is 5. The minimum atomic E-state index is 0.234. The molecule has 8 heteroatoms. The first kappa shape index (κ1) is 25.4. The molecular weight excluding hydrogens is 478 g/mol. The molecule has 3 heterocycles. The van der Waals surface area contributed by atoms with Gasteiger partial charge in [0, 0.05) is 32.7 Å². The molecule has 0 N–H and O–H groups in total. The number of halogens is 1. The lowest BCUT2D eigenvalue weighted by Gasteiger charge is -2.40. The molecule has 1 aliphatic rings. The number of amides is 1. The van der Waals surface area contributed by atoms with E-state index in [4.69, 9.17) is 21.6 Å². The number of hydrogen-bond acceptors (Lipinski definition) is 5. The number of aliphatic imine (C=N–C) groups is 1. The number of aromatic nitrogens is 1. The zero-order chi connectivity index (χ0) is 25.1. The van der Waals surface area contributed by atoms with Gasteiger partial charge in [0.1, 0.15) is 11.5 Å². The molecule has 6 nitrogen and oxygen atoms in total. The molecule has 4 rings (SSSR count). The summed E-state index contributed by atoms with van der Waals surface area (Å²) in [4.78, 5) is 29.6. The Labute approximate surface area is 216 Å². The molecule has 1 aliphatic heterocycles. The zero-order valence-electron chi connectivity index (χ0n) is 20.9. The number of carbonyl (C=O) groups excluding carboxylic acids is 1. The van der Waals surface area contributed by atoms with Crippen LogP contribution in [-0.4, -0.2) is 66.8 Å². The Hall–Kier alpha value is -2.74. The molecule has 0 bridgehead atoms. The zero-order valence-corrected chi connectivity index (χ0v) is 22.5. The van der Waals surface area contributed by atoms with Crippen LogP contribution < -0.4 is 4.90 Å². The van der Waals surface area contributed by atoms with Crippen molar-refractivity contribution < 1.29 is 4.79 Å².